The molecule has 0 heterocycles. The van der Waals surface area contributed by atoms with Crippen molar-refractivity contribution in [3.63, 3.8) is 0 Å². The van der Waals surface area contributed by atoms with E-state index in [0.29, 0.717) is 11.3 Å². The minimum absolute atomic E-state index is 0.0641. The van der Waals surface area contributed by atoms with Crippen molar-refractivity contribution in [3.8, 4) is 0 Å². The normalized spacial score (nSPS) is 11.9. The van der Waals surface area contributed by atoms with E-state index in [4.69, 9.17) is 5.11 Å². The van der Waals surface area contributed by atoms with Crippen LogP contribution in [0.5, 0.6) is 0 Å². The number of carboxylic acid groups (broad SMARTS) is 1. The topological polar surface area (TPSA) is 95.5 Å². The maximum absolute atomic E-state index is 12.0. The maximum atomic E-state index is 12.0. The van der Waals surface area contributed by atoms with Crippen molar-refractivity contribution in [2.45, 2.75) is 26.3 Å². The zero-order valence-electron chi connectivity index (χ0n) is 11.9. The first-order valence-electron chi connectivity index (χ1n) is 6.55. The molecule has 6 heteroatoms. The van der Waals surface area contributed by atoms with Crippen LogP contribution in [0.2, 0.25) is 0 Å². The van der Waals surface area contributed by atoms with Crippen LogP contribution in [0.1, 0.15) is 30.6 Å². The predicted octanol–water partition coefficient (Wildman–Crippen LogP) is 1.79. The van der Waals surface area contributed by atoms with Crippen molar-refractivity contribution >= 4 is 23.5 Å². The van der Waals surface area contributed by atoms with Gasteiger partial charge in [0.15, 0.2) is 0 Å². The fourth-order valence-electron chi connectivity index (χ4n) is 1.48. The Morgan fingerprint density at radius 2 is 2.00 bits per heavy atom. The Morgan fingerprint density at radius 3 is 2.62 bits per heavy atom. The third kappa shape index (κ3) is 5.90. The molecule has 1 unspecified atom stereocenters. The van der Waals surface area contributed by atoms with Gasteiger partial charge in [0.1, 0.15) is 0 Å². The largest absolute Gasteiger partial charge is 0.478 e. The zero-order valence-corrected chi connectivity index (χ0v) is 11.9. The van der Waals surface area contributed by atoms with Gasteiger partial charge >= 0.3 is 5.97 Å². The Kier molecular flexibility index (Phi) is 6.13. The second kappa shape index (κ2) is 7.84. The molecule has 0 saturated heterocycles. The van der Waals surface area contributed by atoms with E-state index < -0.39 is 11.9 Å². The van der Waals surface area contributed by atoms with Gasteiger partial charge in [0.05, 0.1) is 0 Å². The molecule has 1 atom stereocenters. The van der Waals surface area contributed by atoms with Gasteiger partial charge in [-0.05, 0) is 31.5 Å². The van der Waals surface area contributed by atoms with Crippen molar-refractivity contribution in [1.29, 1.82) is 0 Å². The summed E-state index contributed by atoms with van der Waals surface area (Å²) in [6.45, 7) is 3.87. The van der Waals surface area contributed by atoms with Crippen LogP contribution in [-0.4, -0.2) is 28.9 Å². The van der Waals surface area contributed by atoms with Crippen LogP contribution in [0.3, 0.4) is 0 Å². The van der Waals surface area contributed by atoms with Crippen LogP contribution in [-0.2, 0) is 9.59 Å². The smallest absolute Gasteiger partial charge is 0.328 e. The third-order valence-corrected chi connectivity index (χ3v) is 2.76. The molecule has 0 aromatic heterocycles. The molecule has 2 amide bonds. The molecule has 21 heavy (non-hydrogen) atoms. The molecule has 112 valence electrons. The quantitative estimate of drug-likeness (QED) is 0.696. The third-order valence-electron chi connectivity index (χ3n) is 2.76. The van der Waals surface area contributed by atoms with Gasteiger partial charge in [-0.1, -0.05) is 13.0 Å². The standard InChI is InChI=1S/C15H18N2O4/c1-3-10(2)16-15(21)11-5-4-6-12(9-11)17-13(18)7-8-14(19)20/h4-10H,3H2,1-2H3,(H,16,21)(H,17,18)(H,19,20)/b8-7+. The van der Waals surface area contributed by atoms with Gasteiger partial charge in [-0.25, -0.2) is 4.79 Å². The second-order valence-electron chi connectivity index (χ2n) is 4.52. The molecule has 0 aliphatic heterocycles. The van der Waals surface area contributed by atoms with E-state index in [0.717, 1.165) is 18.6 Å². The van der Waals surface area contributed by atoms with Gasteiger partial charge in [-0.2, -0.15) is 0 Å². The number of carbonyl (C=O) groups is 3. The van der Waals surface area contributed by atoms with Crippen LogP contribution < -0.4 is 10.6 Å². The summed E-state index contributed by atoms with van der Waals surface area (Å²) < 4.78 is 0. The van der Waals surface area contributed by atoms with Crippen molar-refractivity contribution in [2.75, 3.05) is 5.32 Å². The van der Waals surface area contributed by atoms with E-state index in [-0.39, 0.29) is 11.9 Å². The van der Waals surface area contributed by atoms with Crippen molar-refractivity contribution in [3.05, 3.63) is 42.0 Å². The minimum Gasteiger partial charge on any atom is -0.478 e. The minimum atomic E-state index is -1.20. The number of hydrogen-bond acceptors (Lipinski definition) is 3. The highest BCUT2D eigenvalue weighted by molar-refractivity contribution is 6.03. The number of amides is 2. The molecule has 1 aromatic rings. The van der Waals surface area contributed by atoms with E-state index >= 15 is 0 Å². The Balaban J connectivity index is 2.74. The summed E-state index contributed by atoms with van der Waals surface area (Å²) in [5.74, 6) is -2.00. The number of rotatable bonds is 6. The lowest BCUT2D eigenvalue weighted by atomic mass is 10.1. The van der Waals surface area contributed by atoms with Crippen LogP contribution in [0, 0.1) is 0 Å². The lowest BCUT2D eigenvalue weighted by Gasteiger charge is -2.12. The van der Waals surface area contributed by atoms with E-state index in [1.165, 1.54) is 6.07 Å². The number of hydrogen-bond donors (Lipinski definition) is 3. The Hall–Kier alpha value is -2.63. The van der Waals surface area contributed by atoms with Gasteiger partial charge < -0.3 is 15.7 Å². The molecule has 1 rings (SSSR count). The number of nitrogens with one attached hydrogen (secondary N) is 2. The van der Waals surface area contributed by atoms with Crippen molar-refractivity contribution in [1.82, 2.24) is 5.32 Å². The van der Waals surface area contributed by atoms with Crippen LogP contribution in [0.15, 0.2) is 36.4 Å². The number of carbonyl (C=O) groups excluding carboxylic acids is 2. The second-order valence-corrected chi connectivity index (χ2v) is 4.52. The first-order valence-corrected chi connectivity index (χ1v) is 6.55. The molecular weight excluding hydrogens is 272 g/mol. The molecule has 6 nitrogen and oxygen atoms in total. The number of benzene rings is 1. The average Bonchev–Trinajstić information content (AvgIpc) is 2.45. The van der Waals surface area contributed by atoms with E-state index in [1.54, 1.807) is 18.2 Å². The summed E-state index contributed by atoms with van der Waals surface area (Å²) in [5, 5.41) is 13.7. The molecular formula is C15H18N2O4. The summed E-state index contributed by atoms with van der Waals surface area (Å²) in [4.78, 5) is 33.7. The number of carboxylic acids is 1. The molecule has 0 saturated carbocycles. The first-order chi connectivity index (χ1) is 9.92. The SMILES string of the molecule is CCC(C)NC(=O)c1cccc(NC(=O)/C=C/C(=O)O)c1. The highest BCUT2D eigenvalue weighted by Gasteiger charge is 2.09. The van der Waals surface area contributed by atoms with E-state index in [9.17, 15) is 14.4 Å². The molecule has 1 aromatic carbocycles. The fourth-order valence-corrected chi connectivity index (χ4v) is 1.48. The highest BCUT2D eigenvalue weighted by Crippen LogP contribution is 2.11. The first kappa shape index (κ1) is 16.4. The Morgan fingerprint density at radius 1 is 1.29 bits per heavy atom. The number of aliphatic carboxylic acids is 1. The lowest BCUT2D eigenvalue weighted by molar-refractivity contribution is -0.131. The predicted molar refractivity (Wildman–Crippen MR) is 79.1 cm³/mol. The van der Waals surface area contributed by atoms with Gasteiger partial charge in [-0.3, -0.25) is 9.59 Å². The Bertz CT molecular complexity index is 567. The van der Waals surface area contributed by atoms with Crippen LogP contribution in [0.25, 0.3) is 0 Å². The van der Waals surface area contributed by atoms with E-state index in [2.05, 4.69) is 10.6 Å². The summed E-state index contributed by atoms with van der Waals surface area (Å²) in [6.07, 6.45) is 2.48. The zero-order chi connectivity index (χ0) is 15.8. The monoisotopic (exact) mass is 290 g/mol. The van der Waals surface area contributed by atoms with E-state index in [1.807, 2.05) is 13.8 Å². The van der Waals surface area contributed by atoms with Crippen LogP contribution >= 0.6 is 0 Å². The summed E-state index contributed by atoms with van der Waals surface area (Å²) in [5.41, 5.74) is 0.849. The number of anilines is 1. The van der Waals surface area contributed by atoms with Gasteiger partial charge in [-0.15, -0.1) is 0 Å². The molecule has 3 N–H and O–H groups in total. The Labute approximate surface area is 122 Å². The molecule has 0 radical (unpaired) electrons. The van der Waals surface area contributed by atoms with Gasteiger partial charge in [0.25, 0.3) is 5.91 Å². The lowest BCUT2D eigenvalue weighted by Crippen LogP contribution is -2.31. The molecule has 0 aliphatic carbocycles. The molecule has 0 aliphatic rings. The van der Waals surface area contributed by atoms with Gasteiger partial charge in [0, 0.05) is 29.4 Å². The average molecular weight is 290 g/mol. The van der Waals surface area contributed by atoms with Crippen LogP contribution in [0.4, 0.5) is 5.69 Å². The van der Waals surface area contributed by atoms with Crippen molar-refractivity contribution in [2.24, 2.45) is 0 Å². The summed E-state index contributed by atoms with van der Waals surface area (Å²) >= 11 is 0. The maximum Gasteiger partial charge on any atom is 0.328 e. The van der Waals surface area contributed by atoms with Gasteiger partial charge in [0.2, 0.25) is 5.91 Å². The van der Waals surface area contributed by atoms with Crippen molar-refractivity contribution < 1.29 is 19.5 Å². The fraction of sp³-hybridized carbons (Fsp3) is 0.267. The molecule has 0 spiro atoms. The highest BCUT2D eigenvalue weighted by atomic mass is 16.4. The molecule has 0 fully saturated rings. The molecule has 0 bridgehead atoms. The summed E-state index contributed by atoms with van der Waals surface area (Å²) in [7, 11) is 0. The summed E-state index contributed by atoms with van der Waals surface area (Å²) in [6, 6.07) is 6.49.